The van der Waals surface area contributed by atoms with Crippen LogP contribution >= 0.6 is 0 Å². The summed E-state index contributed by atoms with van der Waals surface area (Å²) in [5.74, 6) is 2.57. The van der Waals surface area contributed by atoms with E-state index >= 15 is 0 Å². The third-order valence-electron chi connectivity index (χ3n) is 5.57. The fourth-order valence-corrected chi connectivity index (χ4v) is 3.43. The molecule has 1 radical (unpaired) electrons. The monoisotopic (exact) mass is 422 g/mol. The van der Waals surface area contributed by atoms with Gasteiger partial charge in [0.05, 0.1) is 0 Å². The van der Waals surface area contributed by atoms with E-state index in [2.05, 4.69) is 66.6 Å². The first-order valence-electron chi connectivity index (χ1n) is 9.38. The minimum absolute atomic E-state index is 0. The van der Waals surface area contributed by atoms with Gasteiger partial charge < -0.3 is 29.7 Å². The van der Waals surface area contributed by atoms with Crippen molar-refractivity contribution < 1.29 is 46.5 Å². The molecule has 0 saturated heterocycles. The Kier molecular flexibility index (Phi) is 18.0. The minimum atomic E-state index is 0. The Labute approximate surface area is 185 Å². The van der Waals surface area contributed by atoms with E-state index in [0.29, 0.717) is 23.7 Å². The van der Waals surface area contributed by atoms with E-state index in [4.69, 9.17) is 0 Å². The minimum Gasteiger partial charge on any atom is -1.00 e. The van der Waals surface area contributed by atoms with Crippen molar-refractivity contribution in [2.45, 2.75) is 67.2 Å². The van der Waals surface area contributed by atoms with Crippen molar-refractivity contribution in [1.82, 2.24) is 4.90 Å². The van der Waals surface area contributed by atoms with Crippen LogP contribution in [-0.4, -0.2) is 25.5 Å². The molecule has 145 valence electrons. The molecule has 1 rings (SSSR count). The normalized spacial score (nSPS) is 20.2. The summed E-state index contributed by atoms with van der Waals surface area (Å²) in [5, 5.41) is 0. The summed E-state index contributed by atoms with van der Waals surface area (Å²) >= 11 is 0. The Morgan fingerprint density at radius 1 is 0.920 bits per heavy atom. The van der Waals surface area contributed by atoms with Gasteiger partial charge in [0.1, 0.15) is 0 Å². The van der Waals surface area contributed by atoms with Gasteiger partial charge >= 0.3 is 21.7 Å². The molecule has 0 N–H and O–H groups in total. The van der Waals surface area contributed by atoms with Crippen LogP contribution in [0.4, 0.5) is 0 Å². The van der Waals surface area contributed by atoms with Crippen molar-refractivity contribution in [3.8, 4) is 0 Å². The van der Waals surface area contributed by atoms with E-state index in [9.17, 15) is 0 Å². The Balaban J connectivity index is -0.00000161. The van der Waals surface area contributed by atoms with Crippen LogP contribution < -0.4 is 24.8 Å². The molecule has 4 unspecified atom stereocenters. The number of halogens is 2. The topological polar surface area (TPSA) is 3.24 Å². The van der Waals surface area contributed by atoms with Gasteiger partial charge in [-0.1, -0.05) is 84.5 Å². The molecular formula is C21H38Cl2NTi. The van der Waals surface area contributed by atoms with E-state index in [0.717, 1.165) is 6.54 Å². The van der Waals surface area contributed by atoms with Gasteiger partial charge in [-0.2, -0.15) is 11.1 Å². The molecular weight excluding hydrogens is 385 g/mol. The van der Waals surface area contributed by atoms with E-state index < -0.39 is 0 Å². The zero-order valence-electron chi connectivity index (χ0n) is 17.5. The zero-order chi connectivity index (χ0) is 16.9. The van der Waals surface area contributed by atoms with Crippen LogP contribution in [0, 0.1) is 29.7 Å². The van der Waals surface area contributed by atoms with Crippen molar-refractivity contribution in [2.75, 3.05) is 20.6 Å². The predicted octanol–water partition coefficient (Wildman–Crippen LogP) is -0.262. The van der Waals surface area contributed by atoms with Gasteiger partial charge in [-0.25, -0.2) is 5.57 Å². The summed E-state index contributed by atoms with van der Waals surface area (Å²) in [5.41, 5.74) is 4.92. The van der Waals surface area contributed by atoms with Gasteiger partial charge in [0.2, 0.25) is 0 Å². The standard InChI is InChI=1S/C21H38N.2ClH.Ti/c1-9-15(4)19-14-20(16(5)10-2)21(17(6)11-3)18(19)12-13-22(7)8;;;/h15-17,19H,9-13H2,1-8H3;2*1H;/q-1;;;+3/p-2. The summed E-state index contributed by atoms with van der Waals surface area (Å²) in [6.07, 6.45) is 8.85. The maximum Gasteiger partial charge on any atom is 3.00 e. The second kappa shape index (κ2) is 14.8. The smallest absolute Gasteiger partial charge is 1.00 e. The molecule has 0 heterocycles. The molecule has 4 heteroatoms. The molecule has 0 fully saturated rings. The van der Waals surface area contributed by atoms with Crippen LogP contribution in [-0.2, 0) is 21.7 Å². The molecule has 0 amide bonds. The zero-order valence-corrected chi connectivity index (χ0v) is 20.6. The summed E-state index contributed by atoms with van der Waals surface area (Å²) in [6.45, 7) is 15.3. The maximum atomic E-state index is 3.96. The Hall–Kier alpha value is 0.734. The molecule has 1 nitrogen and oxygen atoms in total. The second-order valence-electron chi connectivity index (χ2n) is 7.53. The SMILES string of the molecule is CCC(C)C1=[C-]C(C(C)CC)C(CCN(C)C)=C1C(C)CC.[Cl-].[Cl-].[Ti+3]. The third-order valence-corrected chi connectivity index (χ3v) is 5.57. The molecule has 1 aliphatic carbocycles. The van der Waals surface area contributed by atoms with E-state index in [1.54, 1.807) is 16.7 Å². The summed E-state index contributed by atoms with van der Waals surface area (Å²) in [4.78, 5) is 2.32. The largest absolute Gasteiger partial charge is 3.00 e. The van der Waals surface area contributed by atoms with Crippen molar-refractivity contribution in [2.24, 2.45) is 23.7 Å². The van der Waals surface area contributed by atoms with Gasteiger partial charge in [-0.05, 0) is 27.1 Å². The van der Waals surface area contributed by atoms with Crippen LogP contribution in [0.2, 0.25) is 0 Å². The van der Waals surface area contributed by atoms with Gasteiger partial charge in [-0.15, -0.1) is 0 Å². The Morgan fingerprint density at radius 3 is 1.84 bits per heavy atom. The first-order valence-corrected chi connectivity index (χ1v) is 9.38. The molecule has 0 bridgehead atoms. The average molecular weight is 423 g/mol. The van der Waals surface area contributed by atoms with E-state index in [1.807, 2.05) is 0 Å². The molecule has 1 aliphatic rings. The molecule has 25 heavy (non-hydrogen) atoms. The molecule has 0 spiro atoms. The van der Waals surface area contributed by atoms with Crippen LogP contribution in [0.5, 0.6) is 0 Å². The van der Waals surface area contributed by atoms with Gasteiger partial charge in [-0.3, -0.25) is 6.08 Å². The Bertz CT molecular complexity index is 418. The van der Waals surface area contributed by atoms with Crippen LogP contribution in [0.25, 0.3) is 0 Å². The maximum absolute atomic E-state index is 3.96. The molecule has 0 saturated carbocycles. The number of allylic oxidation sites excluding steroid dienone is 3. The molecule has 0 aliphatic heterocycles. The third kappa shape index (κ3) is 8.10. The van der Waals surface area contributed by atoms with Crippen molar-refractivity contribution in [3.63, 3.8) is 0 Å². The van der Waals surface area contributed by atoms with E-state index in [-0.39, 0.29) is 46.5 Å². The fraction of sp³-hybridized carbons (Fsp3) is 0.810. The summed E-state index contributed by atoms with van der Waals surface area (Å²) in [7, 11) is 4.37. The number of nitrogens with zero attached hydrogens (tertiary/aromatic N) is 1. The van der Waals surface area contributed by atoms with E-state index in [1.165, 1.54) is 25.7 Å². The number of rotatable bonds is 9. The predicted molar refractivity (Wildman–Crippen MR) is 98.8 cm³/mol. The first-order chi connectivity index (χ1) is 10.4. The summed E-state index contributed by atoms with van der Waals surface area (Å²) < 4.78 is 0. The van der Waals surface area contributed by atoms with Crippen LogP contribution in [0.3, 0.4) is 0 Å². The average Bonchev–Trinajstić information content (AvgIpc) is 2.89. The first kappa shape index (κ1) is 30.5. The van der Waals surface area contributed by atoms with Crippen LogP contribution in [0.15, 0.2) is 16.7 Å². The molecule has 0 aromatic carbocycles. The van der Waals surface area contributed by atoms with Crippen LogP contribution in [0.1, 0.15) is 67.2 Å². The van der Waals surface area contributed by atoms with Gasteiger partial charge in [0.25, 0.3) is 0 Å². The molecule has 4 atom stereocenters. The van der Waals surface area contributed by atoms with Gasteiger partial charge in [0, 0.05) is 0 Å². The number of hydrogen-bond donors (Lipinski definition) is 0. The van der Waals surface area contributed by atoms with Crippen molar-refractivity contribution >= 4 is 0 Å². The second-order valence-corrected chi connectivity index (χ2v) is 7.53. The van der Waals surface area contributed by atoms with Crippen molar-refractivity contribution in [3.05, 3.63) is 22.8 Å². The summed E-state index contributed by atoms with van der Waals surface area (Å²) in [6, 6.07) is 0. The number of hydrogen-bond acceptors (Lipinski definition) is 1. The van der Waals surface area contributed by atoms with Crippen molar-refractivity contribution in [1.29, 1.82) is 0 Å². The molecule has 0 aromatic heterocycles. The molecule has 0 aromatic rings. The Morgan fingerprint density at radius 2 is 1.44 bits per heavy atom. The quantitative estimate of drug-likeness (QED) is 0.365. The fourth-order valence-electron chi connectivity index (χ4n) is 3.43. The van der Waals surface area contributed by atoms with Gasteiger partial charge in [0.15, 0.2) is 0 Å².